The van der Waals surface area contributed by atoms with Gasteiger partial charge in [0.2, 0.25) is 5.91 Å². The van der Waals surface area contributed by atoms with Crippen LogP contribution in [0.3, 0.4) is 0 Å². The van der Waals surface area contributed by atoms with E-state index in [1.807, 2.05) is 67.6 Å². The number of amides is 1. The Morgan fingerprint density at radius 1 is 0.971 bits per heavy atom. The van der Waals surface area contributed by atoms with Gasteiger partial charge >= 0.3 is 0 Å². The summed E-state index contributed by atoms with van der Waals surface area (Å²) in [6.45, 7) is 3.45. The van der Waals surface area contributed by atoms with Gasteiger partial charge in [0.25, 0.3) is 5.56 Å². The molecule has 0 aliphatic rings. The number of nitrogens with zero attached hydrogens (tertiary/aromatic N) is 2. The molecule has 172 valence electrons. The lowest BCUT2D eigenvalue weighted by Gasteiger charge is -2.17. The number of ketones is 1. The summed E-state index contributed by atoms with van der Waals surface area (Å²) in [5.74, 6) is -0.378. The van der Waals surface area contributed by atoms with Crippen molar-refractivity contribution in [2.75, 3.05) is 5.75 Å². The first kappa shape index (κ1) is 23.4. The van der Waals surface area contributed by atoms with E-state index in [0.29, 0.717) is 28.2 Å². The minimum atomic E-state index is -0.612. The van der Waals surface area contributed by atoms with Gasteiger partial charge in [-0.15, -0.1) is 0 Å². The molecule has 0 fully saturated rings. The molecule has 1 atom stereocenters. The molecule has 0 aliphatic heterocycles. The van der Waals surface area contributed by atoms with Crippen LogP contribution < -0.4 is 10.9 Å². The third kappa shape index (κ3) is 5.43. The molecule has 0 spiro atoms. The summed E-state index contributed by atoms with van der Waals surface area (Å²) in [5.41, 5.74) is 3.11. The van der Waals surface area contributed by atoms with Crippen LogP contribution in [-0.4, -0.2) is 33.0 Å². The second-order valence-corrected chi connectivity index (χ2v) is 9.04. The molecule has 1 N–H and O–H groups in total. The van der Waals surface area contributed by atoms with E-state index in [4.69, 9.17) is 0 Å². The number of aryl methyl sites for hydroxylation is 1. The molecule has 0 aliphatic carbocycles. The van der Waals surface area contributed by atoms with E-state index in [2.05, 4.69) is 10.3 Å². The minimum Gasteiger partial charge on any atom is -0.345 e. The molecular formula is C27H25N3O3S. The van der Waals surface area contributed by atoms with Gasteiger partial charge in [0.1, 0.15) is 0 Å². The number of para-hydroxylation sites is 1. The quantitative estimate of drug-likeness (QED) is 0.309. The Bertz CT molecular complexity index is 1380. The lowest BCUT2D eigenvalue weighted by Crippen LogP contribution is -2.42. The van der Waals surface area contributed by atoms with Gasteiger partial charge in [-0.3, -0.25) is 19.0 Å². The largest absolute Gasteiger partial charge is 0.345 e. The topological polar surface area (TPSA) is 81.1 Å². The van der Waals surface area contributed by atoms with Crippen LogP contribution in [0.25, 0.3) is 16.6 Å². The van der Waals surface area contributed by atoms with Crippen molar-refractivity contribution in [3.05, 3.63) is 100 Å². The molecule has 6 nitrogen and oxygen atoms in total. The van der Waals surface area contributed by atoms with Crippen LogP contribution in [0.2, 0.25) is 0 Å². The summed E-state index contributed by atoms with van der Waals surface area (Å²) in [5, 5.41) is 3.76. The second-order valence-electron chi connectivity index (χ2n) is 8.10. The van der Waals surface area contributed by atoms with Crippen molar-refractivity contribution in [3.8, 4) is 5.69 Å². The van der Waals surface area contributed by atoms with Crippen molar-refractivity contribution in [3.63, 3.8) is 0 Å². The van der Waals surface area contributed by atoms with Crippen molar-refractivity contribution in [2.24, 2.45) is 0 Å². The van der Waals surface area contributed by atoms with Crippen LogP contribution in [0, 0.1) is 6.92 Å². The Hall–Kier alpha value is -3.71. The Balaban J connectivity index is 1.58. The first-order valence-corrected chi connectivity index (χ1v) is 12.0. The predicted octanol–water partition coefficient (Wildman–Crippen LogP) is 4.10. The average molecular weight is 472 g/mol. The van der Waals surface area contributed by atoms with Gasteiger partial charge in [-0.1, -0.05) is 71.9 Å². The van der Waals surface area contributed by atoms with Gasteiger partial charge in [0.15, 0.2) is 10.9 Å². The van der Waals surface area contributed by atoms with Gasteiger partial charge in [-0.25, -0.2) is 4.98 Å². The number of benzene rings is 3. The Morgan fingerprint density at radius 2 is 1.65 bits per heavy atom. The summed E-state index contributed by atoms with van der Waals surface area (Å²) in [4.78, 5) is 42.9. The average Bonchev–Trinajstić information content (AvgIpc) is 2.84. The number of aromatic nitrogens is 2. The molecule has 1 unspecified atom stereocenters. The van der Waals surface area contributed by atoms with Gasteiger partial charge in [-0.2, -0.15) is 0 Å². The fourth-order valence-corrected chi connectivity index (χ4v) is 4.47. The molecule has 0 bridgehead atoms. The summed E-state index contributed by atoms with van der Waals surface area (Å²) in [7, 11) is 0. The highest BCUT2D eigenvalue weighted by atomic mass is 32.2. The highest BCUT2D eigenvalue weighted by Gasteiger charge is 2.19. The number of nitrogens with one attached hydrogen (secondary N) is 1. The van der Waals surface area contributed by atoms with Crippen LogP contribution in [0.5, 0.6) is 0 Å². The summed E-state index contributed by atoms with van der Waals surface area (Å²) in [6.07, 6.45) is 0.425. The maximum absolute atomic E-state index is 13.3. The molecule has 1 aromatic heterocycles. The number of fused-ring (bicyclic) bond motifs is 1. The van der Waals surface area contributed by atoms with Gasteiger partial charge in [0, 0.05) is 0 Å². The second kappa shape index (κ2) is 10.5. The van der Waals surface area contributed by atoms with E-state index < -0.39 is 6.04 Å². The van der Waals surface area contributed by atoms with E-state index in [0.717, 1.165) is 11.1 Å². The lowest BCUT2D eigenvalue weighted by atomic mass is 10.0. The maximum atomic E-state index is 13.3. The molecule has 34 heavy (non-hydrogen) atoms. The summed E-state index contributed by atoms with van der Waals surface area (Å²) in [6, 6.07) is 23.7. The predicted molar refractivity (Wildman–Crippen MR) is 136 cm³/mol. The molecular weight excluding hydrogens is 446 g/mol. The number of hydrogen-bond donors (Lipinski definition) is 1. The van der Waals surface area contributed by atoms with Crippen LogP contribution in [0.15, 0.2) is 88.8 Å². The number of carbonyl (C=O) groups is 2. The Kier molecular flexibility index (Phi) is 7.23. The van der Waals surface area contributed by atoms with Crippen molar-refractivity contribution in [1.29, 1.82) is 0 Å². The molecule has 1 heterocycles. The molecule has 0 saturated heterocycles. The van der Waals surface area contributed by atoms with Crippen LogP contribution in [0.1, 0.15) is 18.1 Å². The third-order valence-electron chi connectivity index (χ3n) is 5.48. The molecule has 0 radical (unpaired) electrons. The van der Waals surface area contributed by atoms with Gasteiger partial charge < -0.3 is 5.32 Å². The molecule has 1 amide bonds. The normalized spacial score (nSPS) is 11.8. The van der Waals surface area contributed by atoms with E-state index in [-0.39, 0.29) is 23.0 Å². The fourth-order valence-electron chi connectivity index (χ4n) is 3.64. The zero-order valence-electron chi connectivity index (χ0n) is 19.0. The number of carbonyl (C=O) groups excluding carboxylic acids is 2. The van der Waals surface area contributed by atoms with Crippen LogP contribution >= 0.6 is 11.8 Å². The van der Waals surface area contributed by atoms with Crippen molar-refractivity contribution in [2.45, 2.75) is 31.5 Å². The number of hydrogen-bond acceptors (Lipinski definition) is 5. The Labute approximate surface area is 202 Å². The maximum Gasteiger partial charge on any atom is 0.266 e. The highest BCUT2D eigenvalue weighted by molar-refractivity contribution is 7.99. The van der Waals surface area contributed by atoms with Gasteiger partial charge in [0.05, 0.1) is 28.4 Å². The van der Waals surface area contributed by atoms with Crippen molar-refractivity contribution >= 4 is 34.4 Å². The van der Waals surface area contributed by atoms with E-state index in [1.165, 1.54) is 23.3 Å². The number of thioether (sulfide) groups is 1. The minimum absolute atomic E-state index is 0.0230. The third-order valence-corrected chi connectivity index (χ3v) is 6.42. The lowest BCUT2D eigenvalue weighted by molar-refractivity contribution is -0.125. The van der Waals surface area contributed by atoms with E-state index in [1.54, 1.807) is 18.2 Å². The standard InChI is InChI=1S/C27H25N3O3S/c1-18-12-14-21(15-13-18)30-26(33)22-10-6-7-11-23(22)29-27(30)34-17-25(32)28-24(19(2)31)16-20-8-4-3-5-9-20/h3-15,24H,16-17H2,1-2H3,(H,28,32). The van der Waals surface area contributed by atoms with Gasteiger partial charge in [-0.05, 0) is 50.1 Å². The first-order valence-electron chi connectivity index (χ1n) is 11.0. The monoisotopic (exact) mass is 471 g/mol. The number of rotatable bonds is 8. The molecule has 4 rings (SSSR count). The van der Waals surface area contributed by atoms with Crippen LogP contribution in [-0.2, 0) is 16.0 Å². The zero-order valence-corrected chi connectivity index (χ0v) is 19.8. The fraction of sp³-hybridized carbons (Fsp3) is 0.185. The van der Waals surface area contributed by atoms with E-state index in [9.17, 15) is 14.4 Å². The molecule has 4 aromatic rings. The Morgan fingerprint density at radius 3 is 2.35 bits per heavy atom. The zero-order chi connectivity index (χ0) is 24.1. The molecule has 7 heteroatoms. The molecule has 0 saturated carbocycles. The van der Waals surface area contributed by atoms with Crippen molar-refractivity contribution in [1.82, 2.24) is 14.9 Å². The SMILES string of the molecule is CC(=O)C(Cc1ccccc1)NC(=O)CSc1nc2ccccc2c(=O)n1-c1ccc(C)cc1. The van der Waals surface area contributed by atoms with Crippen molar-refractivity contribution < 1.29 is 9.59 Å². The van der Waals surface area contributed by atoms with Crippen LogP contribution in [0.4, 0.5) is 0 Å². The summed E-state index contributed by atoms with van der Waals surface area (Å²) >= 11 is 1.17. The smallest absolute Gasteiger partial charge is 0.266 e. The highest BCUT2D eigenvalue weighted by Crippen LogP contribution is 2.21. The molecule has 3 aromatic carbocycles. The first-order chi connectivity index (χ1) is 16.4. The van der Waals surface area contributed by atoms with E-state index >= 15 is 0 Å². The summed E-state index contributed by atoms with van der Waals surface area (Å²) < 4.78 is 1.53. The number of Topliss-reactive ketones (excluding diaryl/α,β-unsaturated/α-hetero) is 1.